The molecule has 0 spiro atoms. The number of esters is 2. The molecule has 0 saturated carbocycles. The van der Waals surface area contributed by atoms with Gasteiger partial charge in [-0.2, -0.15) is 0 Å². The van der Waals surface area contributed by atoms with Crippen LogP contribution in [-0.4, -0.2) is 64.5 Å². The summed E-state index contributed by atoms with van der Waals surface area (Å²) in [6, 6.07) is 13.8. The van der Waals surface area contributed by atoms with Crippen molar-refractivity contribution < 1.29 is 44.7 Å². The number of sulfonamides is 2. The molecule has 2 aromatic carbocycles. The van der Waals surface area contributed by atoms with Gasteiger partial charge in [-0.05, 0) is 74.5 Å². The molecule has 0 aliphatic heterocycles. The third-order valence-corrected chi connectivity index (χ3v) is 10.6. The number of anilines is 2. The summed E-state index contributed by atoms with van der Waals surface area (Å²) in [4.78, 5) is 30.5. The van der Waals surface area contributed by atoms with Crippen LogP contribution < -0.4 is 9.03 Å². The Labute approximate surface area is 313 Å². The lowest BCUT2D eigenvalue weighted by Gasteiger charge is -2.23. The summed E-state index contributed by atoms with van der Waals surface area (Å²) in [5.74, 6) is -2.30. The molecule has 0 aliphatic carbocycles. The Morgan fingerprint density at radius 1 is 0.784 bits per heavy atom. The molecule has 4 rings (SSSR count). The van der Waals surface area contributed by atoms with E-state index in [1.165, 1.54) is 76.9 Å². The minimum absolute atomic E-state index is 0.0397. The molecule has 0 aliphatic rings. The summed E-state index contributed by atoms with van der Waals surface area (Å²) in [6.07, 6.45) is 2.80. The molecule has 0 fully saturated rings. The van der Waals surface area contributed by atoms with Crippen molar-refractivity contribution in [2.45, 2.75) is 25.7 Å². The van der Waals surface area contributed by atoms with Crippen molar-refractivity contribution in [1.82, 2.24) is 9.97 Å². The van der Waals surface area contributed by atoms with Crippen LogP contribution in [0.1, 0.15) is 46.0 Å². The fraction of sp³-hybridized carbons (Fsp3) is 0.250. The SMILES string of the molecule is CCS(=O)(=O)N(Cc1ccc(C(=O)OC)cn1)c1ccc(F)c(Cl)c1.CCS(=O)(=O)Nc1ccc(F)c(Cl)c1.COC(=O)c1ccc(CBr)nc1. The molecule has 276 valence electrons. The number of nitrogens with one attached hydrogen (secondary N) is 1. The molecule has 0 radical (unpaired) electrons. The van der Waals surface area contributed by atoms with Gasteiger partial charge in [-0.1, -0.05) is 39.1 Å². The number of carbonyl (C=O) groups is 2. The maximum atomic E-state index is 13.4. The number of pyridine rings is 2. The number of rotatable bonds is 11. The molecule has 0 saturated heterocycles. The minimum atomic E-state index is -3.65. The first-order valence-electron chi connectivity index (χ1n) is 14.5. The number of nitrogens with zero attached hydrogens (tertiary/aromatic N) is 3. The van der Waals surface area contributed by atoms with Gasteiger partial charge in [-0.3, -0.25) is 19.0 Å². The van der Waals surface area contributed by atoms with Crippen LogP contribution in [0.5, 0.6) is 0 Å². The Morgan fingerprint density at radius 2 is 1.29 bits per heavy atom. The van der Waals surface area contributed by atoms with E-state index in [4.69, 9.17) is 23.2 Å². The highest BCUT2D eigenvalue weighted by atomic mass is 79.9. The highest BCUT2D eigenvalue weighted by Crippen LogP contribution is 2.26. The summed E-state index contributed by atoms with van der Waals surface area (Å²) in [5, 5.41) is 0.401. The van der Waals surface area contributed by atoms with E-state index in [1.807, 2.05) is 0 Å². The molecule has 0 unspecified atom stereocenters. The van der Waals surface area contributed by atoms with Crippen LogP contribution in [0.25, 0.3) is 0 Å². The van der Waals surface area contributed by atoms with Crippen LogP contribution in [0.3, 0.4) is 0 Å². The van der Waals surface area contributed by atoms with Crippen molar-refractivity contribution in [3.63, 3.8) is 0 Å². The van der Waals surface area contributed by atoms with E-state index < -0.39 is 37.7 Å². The molecule has 12 nitrogen and oxygen atoms in total. The predicted octanol–water partition coefficient (Wildman–Crippen LogP) is 7.02. The molecule has 2 aromatic heterocycles. The fourth-order valence-corrected chi connectivity index (χ4v) is 6.00. The third kappa shape index (κ3) is 13.6. The molecule has 51 heavy (non-hydrogen) atoms. The molecule has 0 atom stereocenters. The Kier molecular flexibility index (Phi) is 17.2. The lowest BCUT2D eigenvalue weighted by molar-refractivity contribution is 0.0591. The summed E-state index contributed by atoms with van der Waals surface area (Å²) in [7, 11) is -4.38. The first-order chi connectivity index (χ1) is 24.0. The minimum Gasteiger partial charge on any atom is -0.465 e. The van der Waals surface area contributed by atoms with Crippen LogP contribution in [0.4, 0.5) is 20.2 Å². The van der Waals surface area contributed by atoms with Crippen molar-refractivity contribution in [2.75, 3.05) is 34.8 Å². The maximum absolute atomic E-state index is 13.4. The number of aromatic nitrogens is 2. The van der Waals surface area contributed by atoms with Crippen molar-refractivity contribution in [3.8, 4) is 0 Å². The van der Waals surface area contributed by atoms with E-state index in [0.29, 0.717) is 16.6 Å². The molecular formula is C32H33BrCl2F2N4O8S2. The first kappa shape index (κ1) is 43.3. The molecule has 0 amide bonds. The zero-order valence-corrected chi connectivity index (χ0v) is 32.3. The number of benzene rings is 2. The quantitative estimate of drug-likeness (QED) is 0.123. The van der Waals surface area contributed by atoms with E-state index in [-0.39, 0.29) is 51.0 Å². The number of ether oxygens (including phenoxy) is 2. The van der Waals surface area contributed by atoms with E-state index >= 15 is 0 Å². The van der Waals surface area contributed by atoms with Gasteiger partial charge in [0.2, 0.25) is 20.0 Å². The van der Waals surface area contributed by atoms with Gasteiger partial charge in [0.25, 0.3) is 0 Å². The molecule has 0 bridgehead atoms. The smallest absolute Gasteiger partial charge is 0.339 e. The van der Waals surface area contributed by atoms with Crippen molar-refractivity contribution >= 4 is 82.5 Å². The van der Waals surface area contributed by atoms with E-state index in [0.717, 1.165) is 22.1 Å². The van der Waals surface area contributed by atoms with Gasteiger partial charge in [0.05, 0.1) is 76.2 Å². The zero-order valence-electron chi connectivity index (χ0n) is 27.6. The highest BCUT2D eigenvalue weighted by Gasteiger charge is 2.22. The maximum Gasteiger partial charge on any atom is 0.339 e. The Morgan fingerprint density at radius 3 is 1.71 bits per heavy atom. The first-order valence-corrected chi connectivity index (χ1v) is 19.7. The van der Waals surface area contributed by atoms with Gasteiger partial charge >= 0.3 is 11.9 Å². The molecule has 19 heteroatoms. The second-order valence-corrected chi connectivity index (χ2v) is 15.4. The molecular weight excluding hydrogens is 821 g/mol. The molecule has 1 N–H and O–H groups in total. The van der Waals surface area contributed by atoms with Gasteiger partial charge in [-0.25, -0.2) is 35.2 Å². The van der Waals surface area contributed by atoms with Crippen molar-refractivity contribution in [1.29, 1.82) is 0 Å². The summed E-state index contributed by atoms with van der Waals surface area (Å²) < 4.78 is 85.6. The number of carbonyl (C=O) groups excluding carboxylic acids is 2. The normalized spacial score (nSPS) is 10.8. The predicted molar refractivity (Wildman–Crippen MR) is 195 cm³/mol. The average Bonchev–Trinajstić information content (AvgIpc) is 3.13. The Hall–Kier alpha value is -3.90. The van der Waals surface area contributed by atoms with Crippen LogP contribution in [0.15, 0.2) is 73.1 Å². The number of methoxy groups -OCH3 is 2. The largest absolute Gasteiger partial charge is 0.465 e. The average molecular weight is 855 g/mol. The van der Waals surface area contributed by atoms with Crippen LogP contribution >= 0.6 is 39.1 Å². The lowest BCUT2D eigenvalue weighted by atomic mass is 10.2. The Balaban J connectivity index is 0.000000292. The van der Waals surface area contributed by atoms with Gasteiger partial charge in [0.1, 0.15) is 11.6 Å². The number of alkyl halides is 1. The molecule has 2 heterocycles. The third-order valence-electron chi connectivity index (χ3n) is 6.40. The summed E-state index contributed by atoms with van der Waals surface area (Å²) in [6.45, 7) is 2.92. The number of hydrogen-bond acceptors (Lipinski definition) is 10. The van der Waals surface area contributed by atoms with Crippen LogP contribution in [-0.2, 0) is 41.4 Å². The second kappa shape index (κ2) is 20.2. The number of halogens is 5. The van der Waals surface area contributed by atoms with Gasteiger partial charge in [-0.15, -0.1) is 0 Å². The van der Waals surface area contributed by atoms with Crippen molar-refractivity contribution in [2.24, 2.45) is 0 Å². The van der Waals surface area contributed by atoms with Crippen molar-refractivity contribution in [3.05, 3.63) is 117 Å². The standard InChI is InChI=1S/C16H16ClFN2O4S.C8H8BrNO2.C8H9ClFNO2S/c1-3-25(22,23)20(13-6-7-15(18)14(17)8-13)10-12-5-4-11(9-19-12)16(21)24-2;1-12-8(11)6-2-3-7(4-9)10-5-6;1-2-14(12,13)11-6-3-4-8(10)7(9)5-6/h4-9H,3,10H2,1-2H3;2-3,5H,4H2,1H3;3-5,11H,2H2,1H3. The summed E-state index contributed by atoms with van der Waals surface area (Å²) >= 11 is 14.5. The van der Waals surface area contributed by atoms with E-state index in [9.17, 15) is 35.2 Å². The second-order valence-electron chi connectivity index (χ2n) is 9.83. The van der Waals surface area contributed by atoms with E-state index in [2.05, 4.69) is 40.1 Å². The van der Waals surface area contributed by atoms with Crippen LogP contribution in [0.2, 0.25) is 10.0 Å². The highest BCUT2D eigenvalue weighted by molar-refractivity contribution is 9.08. The monoisotopic (exact) mass is 852 g/mol. The fourth-order valence-electron chi connectivity index (χ4n) is 3.60. The van der Waals surface area contributed by atoms with Crippen LogP contribution in [0, 0.1) is 11.6 Å². The number of hydrogen-bond donors (Lipinski definition) is 1. The van der Waals surface area contributed by atoms with Gasteiger partial charge < -0.3 is 9.47 Å². The molecule has 4 aromatic rings. The lowest BCUT2D eigenvalue weighted by Crippen LogP contribution is -2.32. The van der Waals surface area contributed by atoms with Gasteiger partial charge in [0, 0.05) is 17.7 Å². The Bertz CT molecular complexity index is 2010. The topological polar surface area (TPSA) is 162 Å². The van der Waals surface area contributed by atoms with E-state index in [1.54, 1.807) is 12.1 Å². The summed E-state index contributed by atoms with van der Waals surface area (Å²) in [5.41, 5.74) is 2.52. The zero-order chi connectivity index (χ0) is 38.4. The van der Waals surface area contributed by atoms with Gasteiger partial charge in [0.15, 0.2) is 0 Å².